The summed E-state index contributed by atoms with van der Waals surface area (Å²) in [5.74, 6) is -0.279. The van der Waals surface area contributed by atoms with E-state index in [1.165, 1.54) is 5.56 Å². The molecule has 0 radical (unpaired) electrons. The van der Waals surface area contributed by atoms with E-state index in [0.717, 1.165) is 18.5 Å². The van der Waals surface area contributed by atoms with Gasteiger partial charge in [-0.15, -0.1) is 0 Å². The van der Waals surface area contributed by atoms with Gasteiger partial charge in [0.2, 0.25) is 5.91 Å². The maximum atomic E-state index is 11.3. The Balaban J connectivity index is 2.38. The van der Waals surface area contributed by atoms with Crippen LogP contribution in [0.15, 0.2) is 24.3 Å². The van der Waals surface area contributed by atoms with Gasteiger partial charge in [-0.05, 0) is 24.5 Å². The highest BCUT2D eigenvalue weighted by molar-refractivity contribution is 5.84. The van der Waals surface area contributed by atoms with E-state index < -0.39 is 0 Å². The van der Waals surface area contributed by atoms with Crippen LogP contribution in [0.2, 0.25) is 0 Å². The molecule has 1 aromatic rings. The standard InChI is InChI=1S/C11H15N3O/c1-13-14-9-5-3-2-4-8(9)6-7-10(14)11(12)15/h2-5,10,13H,6-7H2,1H3,(H2,12,15). The van der Waals surface area contributed by atoms with Crippen molar-refractivity contribution in [2.75, 3.05) is 12.1 Å². The molecular weight excluding hydrogens is 190 g/mol. The molecule has 0 bridgehead atoms. The van der Waals surface area contributed by atoms with Gasteiger partial charge in [0.15, 0.2) is 0 Å². The molecule has 1 heterocycles. The summed E-state index contributed by atoms with van der Waals surface area (Å²) in [5.41, 5.74) is 10.7. The predicted octanol–water partition coefficient (Wildman–Crippen LogP) is 0.427. The molecule has 0 saturated heterocycles. The summed E-state index contributed by atoms with van der Waals surface area (Å²) in [6.45, 7) is 0. The lowest BCUT2D eigenvalue weighted by Crippen LogP contribution is -2.53. The Kier molecular flexibility index (Phi) is 2.60. The van der Waals surface area contributed by atoms with Crippen LogP contribution in [0.4, 0.5) is 5.69 Å². The summed E-state index contributed by atoms with van der Waals surface area (Å²) in [6, 6.07) is 7.81. The second-order valence-corrected chi connectivity index (χ2v) is 3.68. The van der Waals surface area contributed by atoms with E-state index in [-0.39, 0.29) is 11.9 Å². The molecule has 0 fully saturated rings. The highest BCUT2D eigenvalue weighted by Crippen LogP contribution is 2.28. The second kappa shape index (κ2) is 3.90. The lowest BCUT2D eigenvalue weighted by molar-refractivity contribution is -0.119. The molecule has 1 aromatic carbocycles. The number of amides is 1. The van der Waals surface area contributed by atoms with Crippen LogP contribution in [-0.4, -0.2) is 19.0 Å². The van der Waals surface area contributed by atoms with Crippen LogP contribution in [0, 0.1) is 0 Å². The van der Waals surface area contributed by atoms with E-state index in [1.807, 2.05) is 23.2 Å². The van der Waals surface area contributed by atoms with Crippen LogP contribution >= 0.6 is 0 Å². The van der Waals surface area contributed by atoms with E-state index in [2.05, 4.69) is 11.5 Å². The van der Waals surface area contributed by atoms with E-state index >= 15 is 0 Å². The molecule has 0 saturated carbocycles. The average Bonchev–Trinajstić information content (AvgIpc) is 2.27. The molecule has 4 heteroatoms. The summed E-state index contributed by atoms with van der Waals surface area (Å²) >= 11 is 0. The van der Waals surface area contributed by atoms with Crippen LogP contribution in [0.25, 0.3) is 0 Å². The number of hydrogen-bond acceptors (Lipinski definition) is 3. The largest absolute Gasteiger partial charge is 0.368 e. The van der Waals surface area contributed by atoms with Gasteiger partial charge in [-0.2, -0.15) is 0 Å². The molecule has 4 nitrogen and oxygen atoms in total. The molecule has 1 aliphatic rings. The lowest BCUT2D eigenvalue weighted by Gasteiger charge is -2.36. The van der Waals surface area contributed by atoms with Crippen molar-refractivity contribution in [3.63, 3.8) is 0 Å². The highest BCUT2D eigenvalue weighted by Gasteiger charge is 2.28. The number of fused-ring (bicyclic) bond motifs is 1. The molecule has 1 unspecified atom stereocenters. The maximum Gasteiger partial charge on any atom is 0.241 e. The molecule has 0 aromatic heterocycles. The molecule has 3 N–H and O–H groups in total. The fourth-order valence-corrected chi connectivity index (χ4v) is 2.09. The minimum Gasteiger partial charge on any atom is -0.368 e. The number of rotatable bonds is 2. The van der Waals surface area contributed by atoms with Gasteiger partial charge >= 0.3 is 0 Å². The molecule has 0 aliphatic carbocycles. The van der Waals surface area contributed by atoms with Crippen molar-refractivity contribution in [1.29, 1.82) is 0 Å². The van der Waals surface area contributed by atoms with E-state index in [0.29, 0.717) is 0 Å². The Morgan fingerprint density at radius 1 is 1.53 bits per heavy atom. The number of nitrogens with one attached hydrogen (secondary N) is 1. The molecule has 0 spiro atoms. The third-order valence-corrected chi connectivity index (χ3v) is 2.82. The topological polar surface area (TPSA) is 58.4 Å². The smallest absolute Gasteiger partial charge is 0.241 e. The van der Waals surface area contributed by atoms with Crippen molar-refractivity contribution >= 4 is 11.6 Å². The van der Waals surface area contributed by atoms with E-state index in [4.69, 9.17) is 5.73 Å². The third-order valence-electron chi connectivity index (χ3n) is 2.82. The second-order valence-electron chi connectivity index (χ2n) is 3.68. The lowest BCUT2D eigenvalue weighted by atomic mass is 9.97. The molecule has 1 aliphatic heterocycles. The molecule has 15 heavy (non-hydrogen) atoms. The number of hydrazine groups is 1. The SMILES string of the molecule is CNN1c2ccccc2CCC1C(N)=O. The zero-order valence-corrected chi connectivity index (χ0v) is 8.73. The van der Waals surface area contributed by atoms with Gasteiger partial charge in [0.1, 0.15) is 6.04 Å². The number of primary amides is 1. The first-order valence-electron chi connectivity index (χ1n) is 5.08. The molecule has 80 valence electrons. The number of para-hydroxylation sites is 1. The van der Waals surface area contributed by atoms with Crippen LogP contribution in [0.1, 0.15) is 12.0 Å². The molecule has 1 amide bonds. The molecule has 1 atom stereocenters. The van der Waals surface area contributed by atoms with Crippen LogP contribution in [0.5, 0.6) is 0 Å². The number of aryl methyl sites for hydroxylation is 1. The monoisotopic (exact) mass is 205 g/mol. The quantitative estimate of drug-likeness (QED) is 0.736. The Morgan fingerprint density at radius 2 is 2.27 bits per heavy atom. The minimum absolute atomic E-state index is 0.245. The van der Waals surface area contributed by atoms with Gasteiger partial charge in [-0.25, -0.2) is 5.43 Å². The zero-order chi connectivity index (χ0) is 10.8. The van der Waals surface area contributed by atoms with Crippen molar-refractivity contribution in [1.82, 2.24) is 5.43 Å². The first-order chi connectivity index (χ1) is 7.24. The molecule has 2 rings (SSSR count). The van der Waals surface area contributed by atoms with Crippen LogP contribution in [-0.2, 0) is 11.2 Å². The normalized spacial score (nSPS) is 19.8. The number of anilines is 1. The van der Waals surface area contributed by atoms with Gasteiger partial charge in [-0.1, -0.05) is 18.2 Å². The van der Waals surface area contributed by atoms with Gasteiger partial charge in [0, 0.05) is 7.05 Å². The first-order valence-corrected chi connectivity index (χ1v) is 5.08. The van der Waals surface area contributed by atoms with Crippen molar-refractivity contribution in [2.24, 2.45) is 5.73 Å². The van der Waals surface area contributed by atoms with Crippen molar-refractivity contribution < 1.29 is 4.79 Å². The molecular formula is C11H15N3O. The zero-order valence-electron chi connectivity index (χ0n) is 8.73. The summed E-state index contributed by atoms with van der Waals surface area (Å²) in [5, 5.41) is 1.85. The number of benzene rings is 1. The summed E-state index contributed by atoms with van der Waals surface area (Å²) in [4.78, 5) is 11.3. The Morgan fingerprint density at radius 3 is 2.93 bits per heavy atom. The number of nitrogens with zero attached hydrogens (tertiary/aromatic N) is 1. The maximum absolute atomic E-state index is 11.3. The fraction of sp³-hybridized carbons (Fsp3) is 0.364. The first kappa shape index (κ1) is 9.98. The average molecular weight is 205 g/mol. The number of carbonyl (C=O) groups is 1. The predicted molar refractivity (Wildman–Crippen MR) is 59.3 cm³/mol. The van der Waals surface area contributed by atoms with Gasteiger partial charge in [0.25, 0.3) is 0 Å². The summed E-state index contributed by atoms with van der Waals surface area (Å²) in [7, 11) is 1.80. The number of nitrogens with two attached hydrogens (primary N) is 1. The van der Waals surface area contributed by atoms with Gasteiger partial charge in [-0.3, -0.25) is 9.80 Å². The Hall–Kier alpha value is -1.55. The highest BCUT2D eigenvalue weighted by atomic mass is 16.1. The third kappa shape index (κ3) is 1.68. The fourth-order valence-electron chi connectivity index (χ4n) is 2.09. The van der Waals surface area contributed by atoms with Gasteiger partial charge in [0.05, 0.1) is 5.69 Å². The van der Waals surface area contributed by atoms with Crippen molar-refractivity contribution in [3.05, 3.63) is 29.8 Å². The van der Waals surface area contributed by atoms with Crippen molar-refractivity contribution in [2.45, 2.75) is 18.9 Å². The number of carbonyl (C=O) groups excluding carboxylic acids is 1. The van der Waals surface area contributed by atoms with Crippen LogP contribution in [0.3, 0.4) is 0 Å². The van der Waals surface area contributed by atoms with E-state index in [1.54, 1.807) is 7.05 Å². The Labute approximate surface area is 89.0 Å². The van der Waals surface area contributed by atoms with Crippen LogP contribution < -0.4 is 16.2 Å². The minimum atomic E-state index is -0.279. The van der Waals surface area contributed by atoms with Crippen molar-refractivity contribution in [3.8, 4) is 0 Å². The summed E-state index contributed by atoms with van der Waals surface area (Å²) < 4.78 is 0. The Bertz CT molecular complexity index is 378. The number of hydrogen-bond donors (Lipinski definition) is 2. The van der Waals surface area contributed by atoms with E-state index in [9.17, 15) is 4.79 Å². The summed E-state index contributed by atoms with van der Waals surface area (Å²) in [6.07, 6.45) is 1.68. The van der Waals surface area contributed by atoms with Gasteiger partial charge < -0.3 is 5.73 Å².